The van der Waals surface area contributed by atoms with Crippen LogP contribution in [0.1, 0.15) is 36.7 Å². The normalized spacial score (nSPS) is 10.9. The third-order valence-electron chi connectivity index (χ3n) is 4.04. The molecule has 0 spiro atoms. The van der Waals surface area contributed by atoms with Gasteiger partial charge in [-0.15, -0.1) is 0 Å². The average molecular weight is 400 g/mol. The van der Waals surface area contributed by atoms with Crippen LogP contribution in [0.4, 0.5) is 5.69 Å². The molecule has 8 heteroatoms. The first kappa shape index (κ1) is 21.9. The SMILES string of the molecule is CC(C)(C)c1ccc(OCCNC(=O)COC(=O)c2cccc([N+](=O)[O-])c2)cc1. The predicted molar refractivity (Wildman–Crippen MR) is 107 cm³/mol. The molecule has 0 aliphatic heterocycles. The number of nitro benzene ring substituents is 1. The van der Waals surface area contributed by atoms with Gasteiger partial charge >= 0.3 is 5.97 Å². The number of nitro groups is 1. The number of hydrogen-bond donors (Lipinski definition) is 1. The van der Waals surface area contributed by atoms with Crippen molar-refractivity contribution in [2.75, 3.05) is 19.8 Å². The van der Waals surface area contributed by atoms with Crippen molar-refractivity contribution in [3.8, 4) is 5.75 Å². The van der Waals surface area contributed by atoms with Crippen LogP contribution in [0.15, 0.2) is 48.5 Å². The Bertz CT molecular complexity index is 871. The number of carbonyl (C=O) groups excluding carboxylic acids is 2. The highest BCUT2D eigenvalue weighted by molar-refractivity contribution is 5.91. The second-order valence-electron chi connectivity index (χ2n) is 7.36. The molecule has 29 heavy (non-hydrogen) atoms. The highest BCUT2D eigenvalue weighted by atomic mass is 16.6. The average Bonchev–Trinajstić information content (AvgIpc) is 2.69. The van der Waals surface area contributed by atoms with Crippen LogP contribution < -0.4 is 10.1 Å². The fourth-order valence-corrected chi connectivity index (χ4v) is 2.42. The summed E-state index contributed by atoms with van der Waals surface area (Å²) in [5.41, 5.74) is 1.04. The van der Waals surface area contributed by atoms with Gasteiger partial charge in [-0.1, -0.05) is 39.0 Å². The Morgan fingerprint density at radius 1 is 1.10 bits per heavy atom. The summed E-state index contributed by atoms with van der Waals surface area (Å²) in [6.45, 7) is 6.41. The molecule has 154 valence electrons. The number of nitrogens with zero attached hydrogens (tertiary/aromatic N) is 1. The zero-order valence-corrected chi connectivity index (χ0v) is 16.6. The molecule has 0 fully saturated rings. The molecule has 2 rings (SSSR count). The lowest BCUT2D eigenvalue weighted by molar-refractivity contribution is -0.384. The molecule has 8 nitrogen and oxygen atoms in total. The molecule has 0 aliphatic rings. The first-order valence-corrected chi connectivity index (χ1v) is 9.08. The van der Waals surface area contributed by atoms with Gasteiger partial charge in [0.25, 0.3) is 11.6 Å². The monoisotopic (exact) mass is 400 g/mol. The number of nitrogens with one attached hydrogen (secondary N) is 1. The van der Waals surface area contributed by atoms with Crippen LogP contribution in [0.3, 0.4) is 0 Å². The molecule has 0 saturated heterocycles. The zero-order chi connectivity index (χ0) is 21.4. The van der Waals surface area contributed by atoms with Crippen molar-refractivity contribution in [2.45, 2.75) is 26.2 Å². The van der Waals surface area contributed by atoms with Gasteiger partial charge in [0.15, 0.2) is 6.61 Å². The second kappa shape index (κ2) is 9.68. The van der Waals surface area contributed by atoms with Crippen molar-refractivity contribution in [3.05, 3.63) is 69.8 Å². The van der Waals surface area contributed by atoms with E-state index in [2.05, 4.69) is 26.1 Å². The minimum atomic E-state index is -0.806. The molecule has 0 aromatic heterocycles. The molecule has 0 aliphatic carbocycles. The summed E-state index contributed by atoms with van der Waals surface area (Å²) in [5, 5.41) is 13.3. The zero-order valence-electron chi connectivity index (χ0n) is 16.6. The maximum atomic E-state index is 11.9. The van der Waals surface area contributed by atoms with Gasteiger partial charge in [0.05, 0.1) is 17.0 Å². The fourth-order valence-electron chi connectivity index (χ4n) is 2.42. The summed E-state index contributed by atoms with van der Waals surface area (Å²) in [5.74, 6) is -0.598. The van der Waals surface area contributed by atoms with E-state index in [-0.39, 0.29) is 29.8 Å². The topological polar surface area (TPSA) is 108 Å². The number of ether oxygens (including phenoxy) is 2. The molecule has 0 atom stereocenters. The molecule has 0 heterocycles. The molecule has 0 radical (unpaired) electrons. The minimum absolute atomic E-state index is 0.00837. The Kier molecular flexibility index (Phi) is 7.30. The lowest BCUT2D eigenvalue weighted by Crippen LogP contribution is -2.32. The van der Waals surface area contributed by atoms with Crippen LogP contribution in [0.5, 0.6) is 5.75 Å². The summed E-state index contributed by atoms with van der Waals surface area (Å²) in [6.07, 6.45) is 0. The Hall–Kier alpha value is -3.42. The van der Waals surface area contributed by atoms with E-state index >= 15 is 0 Å². The first-order valence-electron chi connectivity index (χ1n) is 9.08. The van der Waals surface area contributed by atoms with E-state index in [0.29, 0.717) is 5.75 Å². The maximum Gasteiger partial charge on any atom is 0.338 e. The number of esters is 1. The summed E-state index contributed by atoms with van der Waals surface area (Å²) in [7, 11) is 0. The van der Waals surface area contributed by atoms with E-state index in [0.717, 1.165) is 6.07 Å². The Labute approximate surface area is 169 Å². The molecule has 2 aromatic rings. The highest BCUT2D eigenvalue weighted by Crippen LogP contribution is 2.24. The van der Waals surface area contributed by atoms with Crippen LogP contribution in [-0.2, 0) is 14.9 Å². The lowest BCUT2D eigenvalue weighted by Gasteiger charge is -2.19. The lowest BCUT2D eigenvalue weighted by atomic mass is 9.87. The first-order chi connectivity index (χ1) is 13.7. The standard InChI is InChI=1S/C21H24N2O6/c1-21(2,3)16-7-9-18(10-8-16)28-12-11-22-19(24)14-29-20(25)15-5-4-6-17(13-15)23(26)27/h4-10,13H,11-12,14H2,1-3H3,(H,22,24). The number of rotatable bonds is 8. The molecular weight excluding hydrogens is 376 g/mol. The van der Waals surface area contributed by atoms with E-state index in [1.165, 1.54) is 23.8 Å². The van der Waals surface area contributed by atoms with Gasteiger partial charge in [-0.05, 0) is 29.2 Å². The van der Waals surface area contributed by atoms with Crippen molar-refractivity contribution in [1.29, 1.82) is 0 Å². The third kappa shape index (κ3) is 6.91. The van der Waals surface area contributed by atoms with E-state index in [4.69, 9.17) is 9.47 Å². The molecule has 1 amide bonds. The van der Waals surface area contributed by atoms with Gasteiger partial charge in [-0.2, -0.15) is 0 Å². The second-order valence-corrected chi connectivity index (χ2v) is 7.36. The number of benzene rings is 2. The van der Waals surface area contributed by atoms with Gasteiger partial charge < -0.3 is 14.8 Å². The number of hydrogen-bond acceptors (Lipinski definition) is 6. The van der Waals surface area contributed by atoms with E-state index in [1.807, 2.05) is 24.3 Å². The Balaban J connectivity index is 1.70. The minimum Gasteiger partial charge on any atom is -0.492 e. The van der Waals surface area contributed by atoms with Crippen LogP contribution in [0.2, 0.25) is 0 Å². The van der Waals surface area contributed by atoms with Crippen molar-refractivity contribution in [1.82, 2.24) is 5.32 Å². The summed E-state index contributed by atoms with van der Waals surface area (Å²) < 4.78 is 10.4. The van der Waals surface area contributed by atoms with Crippen LogP contribution in [0.25, 0.3) is 0 Å². The molecule has 2 aromatic carbocycles. The molecule has 1 N–H and O–H groups in total. The van der Waals surface area contributed by atoms with Crippen LogP contribution in [0, 0.1) is 10.1 Å². The molecule has 0 bridgehead atoms. The number of non-ortho nitro benzene ring substituents is 1. The summed E-state index contributed by atoms with van der Waals surface area (Å²) >= 11 is 0. The molecular formula is C21H24N2O6. The van der Waals surface area contributed by atoms with Gasteiger partial charge in [-0.3, -0.25) is 14.9 Å². The predicted octanol–water partition coefficient (Wildman–Crippen LogP) is 3.24. The number of amides is 1. The fraction of sp³-hybridized carbons (Fsp3) is 0.333. The van der Waals surface area contributed by atoms with Crippen molar-refractivity contribution in [2.24, 2.45) is 0 Å². The molecule has 0 saturated carbocycles. The van der Waals surface area contributed by atoms with E-state index < -0.39 is 23.4 Å². The summed E-state index contributed by atoms with van der Waals surface area (Å²) in [6, 6.07) is 12.9. The van der Waals surface area contributed by atoms with Crippen molar-refractivity contribution < 1.29 is 24.0 Å². The smallest absolute Gasteiger partial charge is 0.338 e. The highest BCUT2D eigenvalue weighted by Gasteiger charge is 2.14. The van der Waals surface area contributed by atoms with Gasteiger partial charge in [0, 0.05) is 12.1 Å². The Morgan fingerprint density at radius 2 is 1.79 bits per heavy atom. The maximum absolute atomic E-state index is 11.9. The quantitative estimate of drug-likeness (QED) is 0.315. The van der Waals surface area contributed by atoms with Gasteiger partial charge in [0.2, 0.25) is 0 Å². The van der Waals surface area contributed by atoms with Crippen molar-refractivity contribution in [3.63, 3.8) is 0 Å². The third-order valence-corrected chi connectivity index (χ3v) is 4.04. The van der Waals surface area contributed by atoms with Crippen molar-refractivity contribution >= 4 is 17.6 Å². The Morgan fingerprint density at radius 3 is 2.41 bits per heavy atom. The largest absolute Gasteiger partial charge is 0.492 e. The van der Waals surface area contributed by atoms with Gasteiger partial charge in [-0.25, -0.2) is 4.79 Å². The number of carbonyl (C=O) groups is 2. The summed E-state index contributed by atoms with van der Waals surface area (Å²) in [4.78, 5) is 33.8. The van der Waals surface area contributed by atoms with E-state index in [9.17, 15) is 19.7 Å². The molecule has 0 unspecified atom stereocenters. The van der Waals surface area contributed by atoms with Crippen LogP contribution >= 0.6 is 0 Å². The van der Waals surface area contributed by atoms with E-state index in [1.54, 1.807) is 0 Å². The van der Waals surface area contributed by atoms with Gasteiger partial charge in [0.1, 0.15) is 12.4 Å². The van der Waals surface area contributed by atoms with Crippen LogP contribution in [-0.4, -0.2) is 36.6 Å².